The van der Waals surface area contributed by atoms with E-state index >= 15 is 0 Å². The van der Waals surface area contributed by atoms with Crippen molar-refractivity contribution in [3.05, 3.63) is 70.0 Å². The standard InChI is InChI=1S/C25H20N4OS2/c26-21-18-12-16-7-3-4-8-19(16)27-24(18)32-22(21)23(30)29-25-28-20(13-31-25)17-10-9-14-5-1-2-6-15(14)11-17/h1-2,5-6,9-13H,3-4,7-8,26H2,(H,28,29,30). The molecule has 1 aliphatic carbocycles. The molecule has 0 aliphatic heterocycles. The van der Waals surface area contributed by atoms with Crippen molar-refractivity contribution in [2.24, 2.45) is 0 Å². The molecule has 0 bridgehead atoms. The number of hydrogen-bond acceptors (Lipinski definition) is 6. The Morgan fingerprint density at radius 3 is 2.75 bits per heavy atom. The number of nitrogen functional groups attached to an aromatic ring is 1. The number of amides is 1. The number of nitrogens with two attached hydrogens (primary N) is 1. The third-order valence-corrected chi connectivity index (χ3v) is 7.85. The monoisotopic (exact) mass is 456 g/mol. The number of benzene rings is 2. The van der Waals surface area contributed by atoms with E-state index in [4.69, 9.17) is 10.7 Å². The number of anilines is 2. The van der Waals surface area contributed by atoms with E-state index in [1.807, 2.05) is 17.5 Å². The summed E-state index contributed by atoms with van der Waals surface area (Å²) < 4.78 is 0. The number of carbonyl (C=O) groups is 1. The van der Waals surface area contributed by atoms with E-state index in [0.29, 0.717) is 15.7 Å². The zero-order valence-corrected chi connectivity index (χ0v) is 18.9. The maximum Gasteiger partial charge on any atom is 0.269 e. The Hall–Kier alpha value is -3.29. The molecular weight excluding hydrogens is 436 g/mol. The lowest BCUT2D eigenvalue weighted by Gasteiger charge is -2.14. The molecule has 6 rings (SSSR count). The van der Waals surface area contributed by atoms with Crippen LogP contribution in [0.15, 0.2) is 53.9 Å². The van der Waals surface area contributed by atoms with Gasteiger partial charge in [0.05, 0.1) is 11.4 Å². The van der Waals surface area contributed by atoms with Crippen LogP contribution in [0.1, 0.15) is 33.8 Å². The molecular formula is C25H20N4OS2. The number of nitrogens with zero attached hydrogens (tertiary/aromatic N) is 2. The van der Waals surface area contributed by atoms with Gasteiger partial charge in [0.25, 0.3) is 5.91 Å². The van der Waals surface area contributed by atoms with Crippen LogP contribution in [0.5, 0.6) is 0 Å². The van der Waals surface area contributed by atoms with Gasteiger partial charge in [-0.15, -0.1) is 22.7 Å². The number of aryl methyl sites for hydroxylation is 2. The quantitative estimate of drug-likeness (QED) is 0.334. The Kier molecular flexibility index (Phi) is 4.66. The summed E-state index contributed by atoms with van der Waals surface area (Å²) in [6.07, 6.45) is 4.39. The molecule has 0 atom stereocenters. The third-order valence-electron chi connectivity index (χ3n) is 5.98. The van der Waals surface area contributed by atoms with Gasteiger partial charge in [-0.3, -0.25) is 10.1 Å². The van der Waals surface area contributed by atoms with Gasteiger partial charge in [0.1, 0.15) is 9.71 Å². The number of hydrogen-bond donors (Lipinski definition) is 2. The summed E-state index contributed by atoms with van der Waals surface area (Å²) in [4.78, 5) is 23.8. The van der Waals surface area contributed by atoms with Crippen molar-refractivity contribution in [1.82, 2.24) is 9.97 Å². The fourth-order valence-corrected chi connectivity index (χ4v) is 6.00. The number of rotatable bonds is 3. The average Bonchev–Trinajstić information content (AvgIpc) is 3.42. The van der Waals surface area contributed by atoms with Crippen LogP contribution < -0.4 is 11.1 Å². The summed E-state index contributed by atoms with van der Waals surface area (Å²) in [7, 11) is 0. The highest BCUT2D eigenvalue weighted by atomic mass is 32.1. The normalized spacial score (nSPS) is 13.4. The van der Waals surface area contributed by atoms with Gasteiger partial charge in [-0.25, -0.2) is 9.97 Å². The highest BCUT2D eigenvalue weighted by molar-refractivity contribution is 7.21. The van der Waals surface area contributed by atoms with Crippen LogP contribution in [0.25, 0.3) is 32.2 Å². The first-order valence-electron chi connectivity index (χ1n) is 10.6. The molecule has 5 nitrogen and oxygen atoms in total. The minimum absolute atomic E-state index is 0.233. The first-order chi connectivity index (χ1) is 15.7. The Balaban J connectivity index is 1.28. The molecule has 0 unspecified atom stereocenters. The molecule has 3 N–H and O–H groups in total. The van der Waals surface area contributed by atoms with Crippen LogP contribution in [-0.2, 0) is 12.8 Å². The van der Waals surface area contributed by atoms with Crippen molar-refractivity contribution in [3.8, 4) is 11.3 Å². The average molecular weight is 457 g/mol. The number of pyridine rings is 1. The van der Waals surface area contributed by atoms with Crippen LogP contribution >= 0.6 is 22.7 Å². The Morgan fingerprint density at radius 2 is 1.84 bits per heavy atom. The molecule has 0 saturated heterocycles. The minimum Gasteiger partial charge on any atom is -0.397 e. The summed E-state index contributed by atoms with van der Waals surface area (Å²) >= 11 is 2.77. The van der Waals surface area contributed by atoms with Crippen molar-refractivity contribution >= 4 is 60.4 Å². The molecule has 32 heavy (non-hydrogen) atoms. The van der Waals surface area contributed by atoms with Crippen LogP contribution in [0, 0.1) is 0 Å². The van der Waals surface area contributed by atoms with E-state index in [-0.39, 0.29) is 5.91 Å². The van der Waals surface area contributed by atoms with Crippen molar-refractivity contribution in [2.75, 3.05) is 11.1 Å². The molecule has 2 aromatic carbocycles. The fourth-order valence-electron chi connectivity index (χ4n) is 4.29. The van der Waals surface area contributed by atoms with Crippen LogP contribution in [0.4, 0.5) is 10.8 Å². The van der Waals surface area contributed by atoms with Gasteiger partial charge in [0.2, 0.25) is 0 Å². The highest BCUT2D eigenvalue weighted by Gasteiger charge is 2.21. The maximum absolute atomic E-state index is 13.0. The number of thiazole rings is 1. The first-order valence-corrected chi connectivity index (χ1v) is 12.3. The van der Waals surface area contributed by atoms with Gasteiger partial charge in [0, 0.05) is 22.0 Å². The van der Waals surface area contributed by atoms with Gasteiger partial charge >= 0.3 is 0 Å². The number of thiophene rings is 1. The molecule has 0 spiro atoms. The van der Waals surface area contributed by atoms with Gasteiger partial charge in [-0.2, -0.15) is 0 Å². The second kappa shape index (κ2) is 7.69. The zero-order valence-electron chi connectivity index (χ0n) is 17.2. The fraction of sp³-hybridized carbons (Fsp3) is 0.160. The van der Waals surface area contributed by atoms with Crippen LogP contribution in [0.3, 0.4) is 0 Å². The molecule has 1 aliphatic rings. The van der Waals surface area contributed by atoms with Crippen molar-refractivity contribution < 1.29 is 4.79 Å². The van der Waals surface area contributed by atoms with Crippen molar-refractivity contribution in [3.63, 3.8) is 0 Å². The Morgan fingerprint density at radius 1 is 1.00 bits per heavy atom. The minimum atomic E-state index is -0.233. The van der Waals surface area contributed by atoms with E-state index in [2.05, 4.69) is 46.7 Å². The molecule has 3 heterocycles. The second-order valence-corrected chi connectivity index (χ2v) is 9.91. The molecule has 7 heteroatoms. The predicted molar refractivity (Wildman–Crippen MR) is 134 cm³/mol. The smallest absolute Gasteiger partial charge is 0.269 e. The summed E-state index contributed by atoms with van der Waals surface area (Å²) in [6.45, 7) is 0. The lowest BCUT2D eigenvalue weighted by molar-refractivity contribution is 0.103. The summed E-state index contributed by atoms with van der Waals surface area (Å²) in [5, 5.41) is 8.69. The Labute approximate surface area is 192 Å². The lowest BCUT2D eigenvalue weighted by Crippen LogP contribution is -2.11. The molecule has 158 valence electrons. The van der Waals surface area contributed by atoms with E-state index in [1.165, 1.54) is 46.5 Å². The van der Waals surface area contributed by atoms with E-state index in [1.54, 1.807) is 0 Å². The molecule has 5 aromatic rings. The second-order valence-electron chi connectivity index (χ2n) is 8.05. The van der Waals surface area contributed by atoms with E-state index < -0.39 is 0 Å². The zero-order chi connectivity index (χ0) is 21.7. The van der Waals surface area contributed by atoms with Crippen molar-refractivity contribution in [2.45, 2.75) is 25.7 Å². The van der Waals surface area contributed by atoms with E-state index in [0.717, 1.165) is 45.4 Å². The summed E-state index contributed by atoms with van der Waals surface area (Å²) in [6, 6.07) is 16.6. The summed E-state index contributed by atoms with van der Waals surface area (Å²) in [5.74, 6) is -0.233. The molecule has 0 fully saturated rings. The molecule has 0 radical (unpaired) electrons. The maximum atomic E-state index is 13.0. The predicted octanol–water partition coefficient (Wildman–Crippen LogP) is 6.29. The van der Waals surface area contributed by atoms with Gasteiger partial charge < -0.3 is 5.73 Å². The summed E-state index contributed by atoms with van der Waals surface area (Å²) in [5.41, 5.74) is 11.2. The largest absolute Gasteiger partial charge is 0.397 e. The van der Waals surface area contributed by atoms with Crippen molar-refractivity contribution in [1.29, 1.82) is 0 Å². The van der Waals surface area contributed by atoms with Gasteiger partial charge in [-0.1, -0.05) is 36.4 Å². The lowest BCUT2D eigenvalue weighted by atomic mass is 9.95. The Bertz CT molecular complexity index is 1500. The third kappa shape index (κ3) is 3.34. The topological polar surface area (TPSA) is 80.9 Å². The highest BCUT2D eigenvalue weighted by Crippen LogP contribution is 2.36. The molecule has 1 amide bonds. The number of nitrogens with one attached hydrogen (secondary N) is 1. The molecule has 3 aromatic heterocycles. The first kappa shape index (κ1) is 19.4. The number of carbonyl (C=O) groups excluding carboxylic acids is 1. The van der Waals surface area contributed by atoms with Crippen LogP contribution in [-0.4, -0.2) is 15.9 Å². The number of aromatic nitrogens is 2. The number of fused-ring (bicyclic) bond motifs is 3. The van der Waals surface area contributed by atoms with Gasteiger partial charge in [-0.05, 0) is 54.2 Å². The SMILES string of the molecule is Nc1c(C(=O)Nc2nc(-c3ccc4ccccc4c3)cs2)sc2nc3c(cc12)CCCC3. The van der Waals surface area contributed by atoms with E-state index in [9.17, 15) is 4.79 Å². The van der Waals surface area contributed by atoms with Gasteiger partial charge in [0.15, 0.2) is 5.13 Å². The molecule has 0 saturated carbocycles. The van der Waals surface area contributed by atoms with Crippen LogP contribution in [0.2, 0.25) is 0 Å².